The van der Waals surface area contributed by atoms with Gasteiger partial charge in [-0.1, -0.05) is 53.5 Å². The molecule has 2 aliphatic rings. The fourth-order valence-electron chi connectivity index (χ4n) is 6.16. The third kappa shape index (κ3) is 10.0. The fraction of sp³-hybridized carbons (Fsp3) is 0.457. The van der Waals surface area contributed by atoms with Crippen LogP contribution >= 0.6 is 23.2 Å². The van der Waals surface area contributed by atoms with Crippen LogP contribution in [-0.2, 0) is 12.8 Å². The first-order valence-electron chi connectivity index (χ1n) is 14.8. The highest BCUT2D eigenvalue weighted by atomic mass is 35.5. The monoisotopic (exact) mass is 595 g/mol. The first-order chi connectivity index (χ1) is 19.9. The molecule has 0 saturated heterocycles. The van der Waals surface area contributed by atoms with E-state index in [0.717, 1.165) is 54.5 Å². The van der Waals surface area contributed by atoms with Crippen molar-refractivity contribution in [1.29, 1.82) is 5.26 Å². The van der Waals surface area contributed by atoms with Crippen molar-refractivity contribution in [2.75, 3.05) is 13.2 Å². The Hall–Kier alpha value is -2.58. The van der Waals surface area contributed by atoms with Crippen LogP contribution in [0.25, 0.3) is 0 Å². The topological polar surface area (TPSA) is 53.2 Å². The Labute approximate surface area is 254 Å². The van der Waals surface area contributed by atoms with Gasteiger partial charge in [0.2, 0.25) is 0 Å². The SMILES string of the molecule is N#Cc1c(F)cccc1OCC1CCC(Cc2cccc(Cl)c2)CC1.OCC1CCC(Cc2cccc(Cl)c2)CC1. The number of aliphatic hydroxyl groups excluding tert-OH is 1. The summed E-state index contributed by atoms with van der Waals surface area (Å²) in [5.74, 6) is 2.30. The van der Waals surface area contributed by atoms with E-state index >= 15 is 0 Å². The zero-order chi connectivity index (χ0) is 29.0. The minimum Gasteiger partial charge on any atom is -0.492 e. The van der Waals surface area contributed by atoms with Crippen LogP contribution in [0.1, 0.15) is 68.1 Å². The molecular formula is C35H40Cl2FNO2. The Morgan fingerprint density at radius 3 is 1.71 bits per heavy atom. The number of hydrogen-bond donors (Lipinski definition) is 1. The zero-order valence-electron chi connectivity index (χ0n) is 23.6. The number of ether oxygens (including phenoxy) is 1. The summed E-state index contributed by atoms with van der Waals surface area (Å²) in [4.78, 5) is 0. The third-order valence-electron chi connectivity index (χ3n) is 8.58. The molecule has 0 heterocycles. The maximum Gasteiger partial charge on any atom is 0.144 e. The van der Waals surface area contributed by atoms with E-state index in [1.807, 2.05) is 36.4 Å². The van der Waals surface area contributed by atoms with Crippen LogP contribution in [0.15, 0.2) is 66.7 Å². The van der Waals surface area contributed by atoms with Crippen molar-refractivity contribution in [2.45, 2.75) is 64.2 Å². The summed E-state index contributed by atoms with van der Waals surface area (Å²) in [6.07, 6.45) is 11.6. The summed E-state index contributed by atoms with van der Waals surface area (Å²) in [5, 5.41) is 19.8. The molecule has 0 unspecified atom stereocenters. The molecule has 41 heavy (non-hydrogen) atoms. The Balaban J connectivity index is 0.000000208. The highest BCUT2D eigenvalue weighted by Crippen LogP contribution is 2.33. The van der Waals surface area contributed by atoms with Crippen molar-refractivity contribution < 1.29 is 14.2 Å². The third-order valence-corrected chi connectivity index (χ3v) is 9.05. The number of halogens is 3. The van der Waals surface area contributed by atoms with Gasteiger partial charge in [-0.05, 0) is 135 Å². The van der Waals surface area contributed by atoms with Gasteiger partial charge in [0.05, 0.1) is 6.61 Å². The number of nitriles is 1. The van der Waals surface area contributed by atoms with Crippen molar-refractivity contribution in [3.63, 3.8) is 0 Å². The summed E-state index contributed by atoms with van der Waals surface area (Å²) >= 11 is 12.0. The highest BCUT2D eigenvalue weighted by molar-refractivity contribution is 6.30. The second-order valence-electron chi connectivity index (χ2n) is 11.7. The second kappa shape index (κ2) is 16.2. The lowest BCUT2D eigenvalue weighted by Crippen LogP contribution is -2.21. The molecule has 6 heteroatoms. The van der Waals surface area contributed by atoms with Crippen molar-refractivity contribution in [2.24, 2.45) is 23.7 Å². The molecule has 3 aromatic carbocycles. The summed E-state index contributed by atoms with van der Waals surface area (Å²) in [6.45, 7) is 0.909. The Bertz CT molecular complexity index is 1280. The van der Waals surface area contributed by atoms with Crippen molar-refractivity contribution in [3.8, 4) is 11.8 Å². The minimum atomic E-state index is -0.523. The average molecular weight is 597 g/mol. The van der Waals surface area contributed by atoms with E-state index in [2.05, 4.69) is 18.2 Å². The van der Waals surface area contributed by atoms with Crippen LogP contribution < -0.4 is 4.74 Å². The van der Waals surface area contributed by atoms with Gasteiger partial charge in [-0.25, -0.2) is 4.39 Å². The molecule has 0 aromatic heterocycles. The van der Waals surface area contributed by atoms with Crippen LogP contribution in [0.4, 0.5) is 4.39 Å². The van der Waals surface area contributed by atoms with Gasteiger partial charge in [0.1, 0.15) is 23.2 Å². The molecule has 0 spiro atoms. The lowest BCUT2D eigenvalue weighted by molar-refractivity contribution is 0.167. The second-order valence-corrected chi connectivity index (χ2v) is 12.5. The van der Waals surface area contributed by atoms with Gasteiger partial charge in [0.15, 0.2) is 0 Å². The van der Waals surface area contributed by atoms with E-state index in [1.165, 1.54) is 42.9 Å². The first kappa shape index (κ1) is 31.4. The number of benzene rings is 3. The number of rotatable bonds is 8. The van der Waals surface area contributed by atoms with E-state index in [4.69, 9.17) is 38.3 Å². The Morgan fingerprint density at radius 2 is 1.22 bits per heavy atom. The van der Waals surface area contributed by atoms with Gasteiger partial charge in [-0.15, -0.1) is 0 Å². The van der Waals surface area contributed by atoms with Crippen LogP contribution in [0.2, 0.25) is 10.0 Å². The molecule has 0 amide bonds. The Morgan fingerprint density at radius 1 is 0.732 bits per heavy atom. The predicted octanol–water partition coefficient (Wildman–Crippen LogP) is 9.46. The van der Waals surface area contributed by atoms with Gasteiger partial charge in [0.25, 0.3) is 0 Å². The van der Waals surface area contributed by atoms with E-state index in [0.29, 0.717) is 36.7 Å². The standard InChI is InChI=1S/C21H21ClFNO.C14H19ClO/c22-18-4-1-3-17(12-18)11-15-7-9-16(10-8-15)14-25-21-6-2-5-20(23)19(21)13-24;15-14-3-1-2-13(9-14)8-11-4-6-12(10-16)7-5-11/h1-6,12,15-16H,7-11,14H2;1-3,9,11-12,16H,4-8,10H2. The Kier molecular flexibility index (Phi) is 12.4. The lowest BCUT2D eigenvalue weighted by Gasteiger charge is -2.28. The molecule has 3 nitrogen and oxygen atoms in total. The van der Waals surface area contributed by atoms with Crippen LogP contribution in [-0.4, -0.2) is 18.3 Å². The van der Waals surface area contributed by atoms with Crippen molar-refractivity contribution in [1.82, 2.24) is 0 Å². The fourth-order valence-corrected chi connectivity index (χ4v) is 6.58. The highest BCUT2D eigenvalue weighted by Gasteiger charge is 2.23. The molecule has 1 N–H and O–H groups in total. The molecule has 2 saturated carbocycles. The molecule has 3 aromatic rings. The maximum absolute atomic E-state index is 13.6. The molecule has 0 aliphatic heterocycles. The summed E-state index contributed by atoms with van der Waals surface area (Å²) in [5.41, 5.74) is 2.64. The molecule has 0 bridgehead atoms. The van der Waals surface area contributed by atoms with Crippen molar-refractivity contribution in [3.05, 3.63) is 99.3 Å². The molecule has 218 valence electrons. The number of aliphatic hydroxyl groups is 1. The van der Waals surface area contributed by atoms with Crippen molar-refractivity contribution >= 4 is 23.2 Å². The number of hydrogen-bond acceptors (Lipinski definition) is 3. The molecular weight excluding hydrogens is 556 g/mol. The summed E-state index contributed by atoms with van der Waals surface area (Å²) in [6, 6.07) is 22.7. The smallest absolute Gasteiger partial charge is 0.144 e. The molecule has 5 rings (SSSR count). The zero-order valence-corrected chi connectivity index (χ0v) is 25.1. The van der Waals surface area contributed by atoms with Gasteiger partial charge in [-0.2, -0.15) is 5.26 Å². The van der Waals surface area contributed by atoms with E-state index < -0.39 is 5.82 Å². The quantitative estimate of drug-likeness (QED) is 0.282. The average Bonchev–Trinajstić information content (AvgIpc) is 2.98. The van der Waals surface area contributed by atoms with Gasteiger partial charge < -0.3 is 9.84 Å². The molecule has 2 fully saturated rings. The van der Waals surface area contributed by atoms with Crippen LogP contribution in [0.5, 0.6) is 5.75 Å². The van der Waals surface area contributed by atoms with Gasteiger partial charge in [-0.3, -0.25) is 0 Å². The molecule has 2 aliphatic carbocycles. The van der Waals surface area contributed by atoms with Gasteiger partial charge >= 0.3 is 0 Å². The largest absolute Gasteiger partial charge is 0.492 e. The first-order valence-corrected chi connectivity index (χ1v) is 15.6. The van der Waals surface area contributed by atoms with Gasteiger partial charge in [0, 0.05) is 16.7 Å². The summed E-state index contributed by atoms with van der Waals surface area (Å²) in [7, 11) is 0. The minimum absolute atomic E-state index is 0.00265. The van der Waals surface area contributed by atoms with E-state index in [9.17, 15) is 4.39 Å². The van der Waals surface area contributed by atoms with E-state index in [1.54, 1.807) is 12.1 Å². The van der Waals surface area contributed by atoms with Crippen LogP contribution in [0, 0.1) is 40.8 Å². The molecule has 0 atom stereocenters. The predicted molar refractivity (Wildman–Crippen MR) is 165 cm³/mol. The maximum atomic E-state index is 13.6. The normalized spacial score (nSPS) is 22.2. The summed E-state index contributed by atoms with van der Waals surface area (Å²) < 4.78 is 19.3. The number of nitrogens with zero attached hydrogens (tertiary/aromatic N) is 1. The van der Waals surface area contributed by atoms with Crippen LogP contribution in [0.3, 0.4) is 0 Å². The van der Waals surface area contributed by atoms with E-state index in [-0.39, 0.29) is 5.56 Å². The molecule has 0 radical (unpaired) electrons. The lowest BCUT2D eigenvalue weighted by atomic mass is 9.79.